The SMILES string of the molecule is CCc1ccc(-c2cc(NC(=O)CNC(=O)CC3CCCCC3)on2)cc1. The molecule has 1 aromatic heterocycles. The molecule has 2 N–H and O–H groups in total. The second-order valence-corrected chi connectivity index (χ2v) is 7.16. The van der Waals surface area contributed by atoms with Crippen LogP contribution in [0.4, 0.5) is 5.88 Å². The van der Waals surface area contributed by atoms with Crippen LogP contribution in [0, 0.1) is 5.92 Å². The van der Waals surface area contributed by atoms with E-state index in [1.54, 1.807) is 6.07 Å². The largest absolute Gasteiger partial charge is 0.347 e. The number of amides is 2. The van der Waals surface area contributed by atoms with Crippen LogP contribution in [-0.4, -0.2) is 23.5 Å². The Morgan fingerprint density at radius 2 is 1.85 bits per heavy atom. The molecule has 0 spiro atoms. The van der Waals surface area contributed by atoms with Crippen molar-refractivity contribution in [2.75, 3.05) is 11.9 Å². The number of rotatable bonds is 7. The Kier molecular flexibility index (Phi) is 6.63. The monoisotopic (exact) mass is 369 g/mol. The van der Waals surface area contributed by atoms with E-state index in [9.17, 15) is 9.59 Å². The molecule has 2 aromatic rings. The highest BCUT2D eigenvalue weighted by Gasteiger charge is 2.17. The first-order valence-electron chi connectivity index (χ1n) is 9.76. The van der Waals surface area contributed by atoms with E-state index in [1.807, 2.05) is 24.3 Å². The molecule has 0 aliphatic heterocycles. The first kappa shape index (κ1) is 19.1. The van der Waals surface area contributed by atoms with Gasteiger partial charge in [0.15, 0.2) is 0 Å². The first-order chi connectivity index (χ1) is 13.1. The molecule has 27 heavy (non-hydrogen) atoms. The van der Waals surface area contributed by atoms with Crippen molar-refractivity contribution in [1.82, 2.24) is 10.5 Å². The number of carbonyl (C=O) groups is 2. The number of aryl methyl sites for hydroxylation is 1. The standard InChI is InChI=1S/C21H27N3O3/c1-2-15-8-10-17(11-9-15)18-13-21(27-24-18)23-20(26)14-22-19(25)12-16-6-4-3-5-7-16/h8-11,13,16H,2-7,12,14H2,1H3,(H,22,25)(H,23,26). The summed E-state index contributed by atoms with van der Waals surface area (Å²) >= 11 is 0. The number of aromatic nitrogens is 1. The summed E-state index contributed by atoms with van der Waals surface area (Å²) in [4.78, 5) is 24.0. The summed E-state index contributed by atoms with van der Waals surface area (Å²) < 4.78 is 5.18. The molecule has 1 aromatic carbocycles. The van der Waals surface area contributed by atoms with Crippen molar-refractivity contribution in [1.29, 1.82) is 0 Å². The minimum absolute atomic E-state index is 0.0627. The predicted molar refractivity (Wildman–Crippen MR) is 104 cm³/mol. The fourth-order valence-electron chi connectivity index (χ4n) is 3.47. The van der Waals surface area contributed by atoms with Crippen LogP contribution in [0.2, 0.25) is 0 Å². The van der Waals surface area contributed by atoms with E-state index in [2.05, 4.69) is 22.7 Å². The lowest BCUT2D eigenvalue weighted by atomic mass is 9.87. The van der Waals surface area contributed by atoms with Crippen molar-refractivity contribution in [3.63, 3.8) is 0 Å². The number of nitrogens with zero attached hydrogens (tertiary/aromatic N) is 1. The van der Waals surface area contributed by atoms with Gasteiger partial charge >= 0.3 is 0 Å². The van der Waals surface area contributed by atoms with Gasteiger partial charge in [0.2, 0.25) is 17.7 Å². The number of nitrogens with one attached hydrogen (secondary N) is 2. The van der Waals surface area contributed by atoms with Crippen LogP contribution in [0.1, 0.15) is 51.0 Å². The molecular formula is C21H27N3O3. The van der Waals surface area contributed by atoms with Crippen molar-refractivity contribution >= 4 is 17.7 Å². The molecule has 1 aliphatic rings. The fraction of sp³-hybridized carbons (Fsp3) is 0.476. The lowest BCUT2D eigenvalue weighted by molar-refractivity contribution is -0.125. The highest BCUT2D eigenvalue weighted by molar-refractivity contribution is 5.93. The highest BCUT2D eigenvalue weighted by Crippen LogP contribution is 2.26. The molecule has 1 heterocycles. The summed E-state index contributed by atoms with van der Waals surface area (Å²) in [6, 6.07) is 9.73. The Hall–Kier alpha value is -2.63. The fourth-order valence-corrected chi connectivity index (χ4v) is 3.47. The summed E-state index contributed by atoms with van der Waals surface area (Å²) in [5.74, 6) is 0.344. The summed E-state index contributed by atoms with van der Waals surface area (Å²) in [6.07, 6.45) is 7.38. The third-order valence-electron chi connectivity index (χ3n) is 5.08. The Balaban J connectivity index is 1.45. The Morgan fingerprint density at radius 3 is 2.56 bits per heavy atom. The van der Waals surface area contributed by atoms with Crippen LogP contribution in [0.15, 0.2) is 34.9 Å². The molecule has 6 nitrogen and oxygen atoms in total. The summed E-state index contributed by atoms with van der Waals surface area (Å²) in [5.41, 5.74) is 2.84. The van der Waals surface area contributed by atoms with E-state index < -0.39 is 0 Å². The second-order valence-electron chi connectivity index (χ2n) is 7.16. The third kappa shape index (κ3) is 5.67. The lowest BCUT2D eigenvalue weighted by Crippen LogP contribution is -2.34. The summed E-state index contributed by atoms with van der Waals surface area (Å²) in [6.45, 7) is 2.04. The minimum Gasteiger partial charge on any atom is -0.347 e. The van der Waals surface area contributed by atoms with Crippen LogP contribution in [0.25, 0.3) is 11.3 Å². The molecule has 1 saturated carbocycles. The number of benzene rings is 1. The maximum atomic E-state index is 12.0. The Morgan fingerprint density at radius 1 is 1.11 bits per heavy atom. The highest BCUT2D eigenvalue weighted by atomic mass is 16.5. The van der Waals surface area contributed by atoms with Crippen LogP contribution in [0.3, 0.4) is 0 Å². The molecule has 0 radical (unpaired) electrons. The van der Waals surface area contributed by atoms with Crippen LogP contribution >= 0.6 is 0 Å². The zero-order valence-corrected chi connectivity index (χ0v) is 15.8. The lowest BCUT2D eigenvalue weighted by Gasteiger charge is -2.20. The van der Waals surface area contributed by atoms with Crippen molar-refractivity contribution in [3.05, 3.63) is 35.9 Å². The van der Waals surface area contributed by atoms with Gasteiger partial charge < -0.3 is 9.84 Å². The van der Waals surface area contributed by atoms with Gasteiger partial charge in [-0.2, -0.15) is 0 Å². The zero-order valence-electron chi connectivity index (χ0n) is 15.8. The van der Waals surface area contributed by atoms with Crippen LogP contribution < -0.4 is 10.6 Å². The maximum absolute atomic E-state index is 12.0. The van der Waals surface area contributed by atoms with Gasteiger partial charge in [-0.05, 0) is 30.7 Å². The van der Waals surface area contributed by atoms with E-state index >= 15 is 0 Å². The van der Waals surface area contributed by atoms with Crippen LogP contribution in [-0.2, 0) is 16.0 Å². The molecular weight excluding hydrogens is 342 g/mol. The summed E-state index contributed by atoms with van der Waals surface area (Å²) in [7, 11) is 0. The predicted octanol–water partition coefficient (Wildman–Crippen LogP) is 3.93. The smallest absolute Gasteiger partial charge is 0.246 e. The van der Waals surface area contributed by atoms with Gasteiger partial charge in [0.25, 0.3) is 0 Å². The van der Waals surface area contributed by atoms with Gasteiger partial charge in [0.05, 0.1) is 6.54 Å². The van der Waals surface area contributed by atoms with Crippen molar-refractivity contribution in [2.45, 2.75) is 51.9 Å². The van der Waals surface area contributed by atoms with E-state index in [4.69, 9.17) is 4.52 Å². The van der Waals surface area contributed by atoms with E-state index in [-0.39, 0.29) is 24.2 Å². The quantitative estimate of drug-likeness (QED) is 0.774. The molecule has 144 valence electrons. The molecule has 0 bridgehead atoms. The normalized spacial score (nSPS) is 14.7. The molecule has 0 atom stereocenters. The maximum Gasteiger partial charge on any atom is 0.246 e. The zero-order chi connectivity index (χ0) is 19.1. The number of carbonyl (C=O) groups excluding carboxylic acids is 2. The van der Waals surface area contributed by atoms with Gasteiger partial charge in [-0.15, -0.1) is 0 Å². The van der Waals surface area contributed by atoms with Crippen molar-refractivity contribution in [2.24, 2.45) is 5.92 Å². The number of anilines is 1. The van der Waals surface area contributed by atoms with E-state index in [0.717, 1.165) is 24.8 Å². The van der Waals surface area contributed by atoms with Gasteiger partial charge in [0, 0.05) is 18.1 Å². The first-order valence-corrected chi connectivity index (χ1v) is 9.76. The Bertz CT molecular complexity index is 761. The van der Waals surface area contributed by atoms with Gasteiger partial charge in [-0.3, -0.25) is 14.9 Å². The average Bonchev–Trinajstić information content (AvgIpc) is 3.15. The van der Waals surface area contributed by atoms with Crippen molar-refractivity contribution < 1.29 is 14.1 Å². The van der Waals surface area contributed by atoms with E-state index in [0.29, 0.717) is 18.0 Å². The molecule has 6 heteroatoms. The van der Waals surface area contributed by atoms with Gasteiger partial charge in [0.1, 0.15) is 5.69 Å². The third-order valence-corrected chi connectivity index (χ3v) is 5.08. The van der Waals surface area contributed by atoms with Crippen LogP contribution in [0.5, 0.6) is 0 Å². The molecule has 2 amide bonds. The minimum atomic E-state index is -0.323. The molecule has 1 fully saturated rings. The molecule has 0 saturated heterocycles. The molecule has 1 aliphatic carbocycles. The van der Waals surface area contributed by atoms with Gasteiger partial charge in [-0.25, -0.2) is 0 Å². The van der Waals surface area contributed by atoms with E-state index in [1.165, 1.54) is 24.8 Å². The second kappa shape index (κ2) is 9.35. The van der Waals surface area contributed by atoms with Crippen molar-refractivity contribution in [3.8, 4) is 11.3 Å². The number of hydrogen-bond acceptors (Lipinski definition) is 4. The Labute approximate surface area is 159 Å². The molecule has 0 unspecified atom stereocenters. The van der Waals surface area contributed by atoms with Gasteiger partial charge in [-0.1, -0.05) is 55.6 Å². The number of hydrogen-bond donors (Lipinski definition) is 2. The topological polar surface area (TPSA) is 84.2 Å². The molecule has 3 rings (SSSR count). The summed E-state index contributed by atoms with van der Waals surface area (Å²) in [5, 5.41) is 9.31. The average molecular weight is 369 g/mol.